The van der Waals surface area contributed by atoms with Crippen LogP contribution in [0.1, 0.15) is 5.69 Å². The molecule has 3 aromatic rings. The number of pyridine rings is 1. The van der Waals surface area contributed by atoms with Gasteiger partial charge >= 0.3 is 0 Å². The third-order valence-corrected chi connectivity index (χ3v) is 3.13. The Hall–Kier alpha value is -1.92. The lowest BCUT2D eigenvalue weighted by Crippen LogP contribution is -1.99. The van der Waals surface area contributed by atoms with Crippen molar-refractivity contribution in [3.63, 3.8) is 0 Å². The maximum absolute atomic E-state index is 6.15. The van der Waals surface area contributed by atoms with Crippen LogP contribution in [-0.4, -0.2) is 24.1 Å². The van der Waals surface area contributed by atoms with Crippen LogP contribution in [0.2, 0.25) is 5.15 Å². The molecule has 0 aliphatic rings. The zero-order valence-corrected chi connectivity index (χ0v) is 10.5. The first-order valence-corrected chi connectivity index (χ1v) is 5.81. The number of hydrogen-bond donors (Lipinski definition) is 1. The van der Waals surface area contributed by atoms with Crippen molar-refractivity contribution < 1.29 is 0 Å². The second kappa shape index (κ2) is 4.08. The summed E-state index contributed by atoms with van der Waals surface area (Å²) in [5.74, 6) is 1.37. The van der Waals surface area contributed by atoms with Gasteiger partial charge in [-0.05, 0) is 12.1 Å². The molecule has 2 N–H and O–H groups in total. The van der Waals surface area contributed by atoms with Gasteiger partial charge in [0.25, 0.3) is 0 Å². The van der Waals surface area contributed by atoms with Gasteiger partial charge in [-0.25, -0.2) is 4.98 Å². The Labute approximate surface area is 108 Å². The van der Waals surface area contributed by atoms with Gasteiger partial charge in [-0.3, -0.25) is 9.55 Å². The molecule has 6 nitrogen and oxygen atoms in total. The Morgan fingerprint density at radius 3 is 2.83 bits per heavy atom. The molecule has 7 heteroatoms. The van der Waals surface area contributed by atoms with Crippen LogP contribution in [0.4, 0.5) is 0 Å². The summed E-state index contributed by atoms with van der Waals surface area (Å²) in [4.78, 5) is 8.62. The summed E-state index contributed by atoms with van der Waals surface area (Å²) in [5.41, 5.74) is 6.98. The number of hydrogen-bond acceptors (Lipinski definition) is 4. The van der Waals surface area contributed by atoms with E-state index in [2.05, 4.69) is 15.1 Å². The minimum Gasteiger partial charge on any atom is -0.325 e. The lowest BCUT2D eigenvalue weighted by molar-refractivity contribution is 0.917. The number of fused-ring (bicyclic) bond motifs is 1. The van der Waals surface area contributed by atoms with Gasteiger partial charge in [-0.15, -0.1) is 5.10 Å². The molecule has 92 valence electrons. The van der Waals surface area contributed by atoms with E-state index in [0.29, 0.717) is 29.0 Å². The minimum absolute atomic E-state index is 0.293. The third-order valence-electron chi connectivity index (χ3n) is 2.75. The van der Waals surface area contributed by atoms with Crippen LogP contribution in [0.5, 0.6) is 0 Å². The average molecular weight is 263 g/mol. The third kappa shape index (κ3) is 1.50. The molecular formula is C11H11ClN6. The number of imidazole rings is 1. The number of halogens is 1. The van der Waals surface area contributed by atoms with Crippen LogP contribution in [0, 0.1) is 0 Å². The van der Waals surface area contributed by atoms with Gasteiger partial charge in [0, 0.05) is 19.8 Å². The van der Waals surface area contributed by atoms with Crippen LogP contribution in [0.3, 0.4) is 0 Å². The molecule has 0 amide bonds. The highest BCUT2D eigenvalue weighted by molar-refractivity contribution is 6.30. The predicted molar refractivity (Wildman–Crippen MR) is 68.1 cm³/mol. The molecule has 0 aliphatic heterocycles. The van der Waals surface area contributed by atoms with Gasteiger partial charge in [0.2, 0.25) is 5.78 Å². The zero-order chi connectivity index (χ0) is 12.7. The zero-order valence-electron chi connectivity index (χ0n) is 9.71. The van der Waals surface area contributed by atoms with E-state index in [0.717, 1.165) is 5.69 Å². The van der Waals surface area contributed by atoms with E-state index in [9.17, 15) is 0 Å². The Bertz CT molecular complexity index is 699. The van der Waals surface area contributed by atoms with Gasteiger partial charge in [-0.2, -0.15) is 4.52 Å². The van der Waals surface area contributed by atoms with Crippen molar-refractivity contribution in [2.24, 2.45) is 12.8 Å². The molecule has 0 aliphatic carbocycles. The monoisotopic (exact) mass is 262 g/mol. The first-order chi connectivity index (χ1) is 8.72. The number of aryl methyl sites for hydroxylation is 1. The highest BCUT2D eigenvalue weighted by atomic mass is 35.5. The summed E-state index contributed by atoms with van der Waals surface area (Å²) in [7, 11) is 1.87. The second-order valence-corrected chi connectivity index (χ2v) is 4.22. The smallest absolute Gasteiger partial charge is 0.234 e. The quantitative estimate of drug-likeness (QED) is 0.754. The van der Waals surface area contributed by atoms with Gasteiger partial charge in [-0.1, -0.05) is 17.7 Å². The maximum Gasteiger partial charge on any atom is 0.234 e. The number of aromatic nitrogens is 5. The van der Waals surface area contributed by atoms with Crippen molar-refractivity contribution in [1.29, 1.82) is 0 Å². The summed E-state index contributed by atoms with van der Waals surface area (Å²) in [6.45, 7) is 0.293. The molecule has 3 rings (SSSR count). The first-order valence-electron chi connectivity index (χ1n) is 5.43. The molecule has 0 bridgehead atoms. The van der Waals surface area contributed by atoms with Crippen molar-refractivity contribution in [1.82, 2.24) is 24.1 Å². The number of rotatable bonds is 2. The molecule has 0 saturated carbocycles. The van der Waals surface area contributed by atoms with Gasteiger partial charge < -0.3 is 5.73 Å². The molecule has 0 radical (unpaired) electrons. The molecule has 18 heavy (non-hydrogen) atoms. The molecule has 0 aromatic carbocycles. The molecule has 0 atom stereocenters. The van der Waals surface area contributed by atoms with E-state index < -0.39 is 0 Å². The van der Waals surface area contributed by atoms with Crippen molar-refractivity contribution in [2.45, 2.75) is 6.54 Å². The average Bonchev–Trinajstić information content (AvgIpc) is 2.89. The summed E-state index contributed by atoms with van der Waals surface area (Å²) in [6, 6.07) is 5.66. The van der Waals surface area contributed by atoms with E-state index >= 15 is 0 Å². The molecule has 3 heterocycles. The minimum atomic E-state index is 0.293. The van der Waals surface area contributed by atoms with Crippen LogP contribution in [-0.2, 0) is 13.6 Å². The fraction of sp³-hybridized carbons (Fsp3) is 0.182. The fourth-order valence-electron chi connectivity index (χ4n) is 1.83. The van der Waals surface area contributed by atoms with Crippen LogP contribution in [0.25, 0.3) is 17.3 Å². The van der Waals surface area contributed by atoms with E-state index in [1.165, 1.54) is 0 Å². The molecule has 3 aromatic heterocycles. The van der Waals surface area contributed by atoms with Gasteiger partial charge in [0.1, 0.15) is 5.69 Å². The number of nitrogens with zero attached hydrogens (tertiary/aromatic N) is 5. The van der Waals surface area contributed by atoms with Crippen molar-refractivity contribution in [3.8, 4) is 11.5 Å². The van der Waals surface area contributed by atoms with Crippen molar-refractivity contribution in [2.75, 3.05) is 0 Å². The number of nitrogens with two attached hydrogens (primary N) is 1. The van der Waals surface area contributed by atoms with Crippen LogP contribution in [0.15, 0.2) is 24.4 Å². The second-order valence-electron chi connectivity index (χ2n) is 3.86. The highest BCUT2D eigenvalue weighted by Gasteiger charge is 2.17. The highest BCUT2D eigenvalue weighted by Crippen LogP contribution is 2.22. The molecule has 0 spiro atoms. The van der Waals surface area contributed by atoms with Crippen molar-refractivity contribution >= 4 is 17.4 Å². The summed E-state index contributed by atoms with van der Waals surface area (Å²) in [6.07, 6.45) is 1.72. The van der Waals surface area contributed by atoms with Gasteiger partial charge in [0.15, 0.2) is 11.0 Å². The fourth-order valence-corrected chi connectivity index (χ4v) is 2.07. The molecular weight excluding hydrogens is 252 g/mol. The standard InChI is InChI=1S/C11H11ClN6/c1-17-10(7-4-2-3-5-14-7)16-18-9(12)8(6-13)15-11(17)18/h2-5H,6,13H2,1H3. The summed E-state index contributed by atoms with van der Waals surface area (Å²) < 4.78 is 3.42. The van der Waals surface area contributed by atoms with E-state index in [4.69, 9.17) is 17.3 Å². The molecule has 0 unspecified atom stereocenters. The maximum atomic E-state index is 6.15. The lowest BCUT2D eigenvalue weighted by Gasteiger charge is -1.98. The molecule has 0 fully saturated rings. The van der Waals surface area contributed by atoms with E-state index in [1.54, 1.807) is 10.7 Å². The topological polar surface area (TPSA) is 74.0 Å². The largest absolute Gasteiger partial charge is 0.325 e. The Balaban J connectivity index is 2.25. The first kappa shape index (κ1) is 11.2. The van der Waals surface area contributed by atoms with Crippen LogP contribution >= 0.6 is 11.6 Å². The SMILES string of the molecule is Cn1c(-c2ccccn2)nn2c(Cl)c(CN)nc12. The van der Waals surface area contributed by atoms with Crippen molar-refractivity contribution in [3.05, 3.63) is 35.2 Å². The molecule has 0 saturated heterocycles. The van der Waals surface area contributed by atoms with Crippen LogP contribution < -0.4 is 5.73 Å². The summed E-state index contributed by atoms with van der Waals surface area (Å²) >= 11 is 6.15. The normalized spacial score (nSPS) is 11.3. The van der Waals surface area contributed by atoms with E-state index in [-0.39, 0.29) is 0 Å². The Morgan fingerprint density at radius 1 is 1.39 bits per heavy atom. The van der Waals surface area contributed by atoms with Gasteiger partial charge in [0.05, 0.1) is 5.69 Å². The lowest BCUT2D eigenvalue weighted by atomic mass is 10.3. The van der Waals surface area contributed by atoms with E-state index in [1.807, 2.05) is 29.8 Å². The Morgan fingerprint density at radius 2 is 2.22 bits per heavy atom. The summed E-state index contributed by atoms with van der Waals surface area (Å²) in [5, 5.41) is 4.87. The predicted octanol–water partition coefficient (Wildman–Crippen LogP) is 1.24. The Kier molecular flexibility index (Phi) is 2.53.